The normalized spacial score (nSPS) is 19.0. The summed E-state index contributed by atoms with van der Waals surface area (Å²) in [7, 11) is 0. The maximum atomic E-state index is 11.6. The molecular formula is C16H21N5O6. The molecule has 11 nitrogen and oxygen atoms in total. The number of aromatic nitrogens is 4. The third-order valence-electron chi connectivity index (χ3n) is 3.90. The van der Waals surface area contributed by atoms with Crippen LogP contribution in [-0.2, 0) is 18.9 Å². The Morgan fingerprint density at radius 1 is 1.19 bits per heavy atom. The van der Waals surface area contributed by atoms with Crippen molar-refractivity contribution in [3.63, 3.8) is 0 Å². The smallest absolute Gasteiger partial charge is 0.450 e. The molecule has 11 heteroatoms. The summed E-state index contributed by atoms with van der Waals surface area (Å²) in [6.45, 7) is 4.05. The van der Waals surface area contributed by atoms with Gasteiger partial charge in [0.2, 0.25) is 0 Å². The van der Waals surface area contributed by atoms with Gasteiger partial charge in [-0.25, -0.2) is 24.5 Å². The number of nitrogens with one attached hydrogen (secondary N) is 1. The fourth-order valence-electron chi connectivity index (χ4n) is 2.75. The van der Waals surface area contributed by atoms with Gasteiger partial charge in [-0.05, 0) is 26.7 Å². The van der Waals surface area contributed by atoms with E-state index in [9.17, 15) is 9.59 Å². The minimum Gasteiger partial charge on any atom is -0.450 e. The maximum Gasteiger partial charge on any atom is 0.508 e. The Balaban J connectivity index is 1.67. The monoisotopic (exact) mass is 379 g/mol. The molecule has 3 rings (SSSR count). The number of imidazole rings is 1. The van der Waals surface area contributed by atoms with Crippen LogP contribution in [0.5, 0.6) is 0 Å². The zero-order valence-corrected chi connectivity index (χ0v) is 15.1. The van der Waals surface area contributed by atoms with E-state index in [1.54, 1.807) is 24.7 Å². The molecule has 1 saturated heterocycles. The first kappa shape index (κ1) is 18.8. The van der Waals surface area contributed by atoms with E-state index in [1.807, 2.05) is 0 Å². The van der Waals surface area contributed by atoms with Crippen molar-refractivity contribution in [2.45, 2.75) is 39.0 Å². The average Bonchev–Trinajstić information content (AvgIpc) is 3.27. The van der Waals surface area contributed by atoms with E-state index in [4.69, 9.17) is 18.9 Å². The van der Waals surface area contributed by atoms with Gasteiger partial charge in [0.1, 0.15) is 19.2 Å². The van der Waals surface area contributed by atoms with Crippen molar-refractivity contribution in [3.05, 3.63) is 12.7 Å². The number of fused-ring (bicyclic) bond motifs is 1. The molecule has 0 radical (unpaired) electrons. The van der Waals surface area contributed by atoms with Crippen molar-refractivity contribution in [2.75, 3.05) is 25.1 Å². The van der Waals surface area contributed by atoms with Crippen molar-refractivity contribution in [1.29, 1.82) is 0 Å². The van der Waals surface area contributed by atoms with Gasteiger partial charge in [-0.15, -0.1) is 0 Å². The van der Waals surface area contributed by atoms with Gasteiger partial charge >= 0.3 is 12.2 Å². The molecule has 1 aliphatic heterocycles. The Bertz CT molecular complexity index is 810. The van der Waals surface area contributed by atoms with Crippen molar-refractivity contribution in [2.24, 2.45) is 0 Å². The molecule has 0 aromatic carbocycles. The summed E-state index contributed by atoms with van der Waals surface area (Å²) in [6, 6.07) is 0. The van der Waals surface area contributed by atoms with Crippen LogP contribution in [0.1, 0.15) is 32.9 Å². The molecule has 0 spiro atoms. The highest BCUT2D eigenvalue weighted by Crippen LogP contribution is 2.31. The van der Waals surface area contributed by atoms with Crippen LogP contribution in [-0.4, -0.2) is 57.7 Å². The van der Waals surface area contributed by atoms with Crippen molar-refractivity contribution >= 4 is 29.2 Å². The quantitative estimate of drug-likeness (QED) is 0.752. The molecule has 0 bridgehead atoms. The number of carbonyl (C=O) groups is 2. The van der Waals surface area contributed by atoms with Crippen LogP contribution in [0.3, 0.4) is 0 Å². The molecule has 2 aromatic heterocycles. The predicted octanol–water partition coefficient (Wildman–Crippen LogP) is 2.25. The summed E-state index contributed by atoms with van der Waals surface area (Å²) in [5.74, 6) is 0.261. The minimum atomic E-state index is -0.708. The average molecular weight is 379 g/mol. The largest absolute Gasteiger partial charge is 0.508 e. The Kier molecular flexibility index (Phi) is 6.01. The summed E-state index contributed by atoms with van der Waals surface area (Å²) >= 11 is 0. The highest BCUT2D eigenvalue weighted by Gasteiger charge is 2.29. The maximum absolute atomic E-state index is 11.6. The number of hydrogen-bond donors (Lipinski definition) is 1. The standard InChI is InChI=1S/C16H21N5O6/c1-3-24-15(22)20-13-12-14(18-8-17-13)21(9-19-12)11-6-5-10(27-11)7-26-16(23)25-4-2/h8-11H,3-7H2,1-2H3,(H,17,18,20,22)/t10-,11+/m0/s1. The van der Waals surface area contributed by atoms with Crippen LogP contribution in [0, 0.1) is 0 Å². The highest BCUT2D eigenvalue weighted by molar-refractivity contribution is 5.93. The van der Waals surface area contributed by atoms with Crippen LogP contribution in [0.2, 0.25) is 0 Å². The topological polar surface area (TPSA) is 127 Å². The molecule has 3 heterocycles. The second-order valence-corrected chi connectivity index (χ2v) is 5.68. The predicted molar refractivity (Wildman–Crippen MR) is 92.1 cm³/mol. The third-order valence-corrected chi connectivity index (χ3v) is 3.90. The Morgan fingerprint density at radius 3 is 2.78 bits per heavy atom. The molecule has 0 unspecified atom stereocenters. The lowest BCUT2D eigenvalue weighted by atomic mass is 10.2. The first-order chi connectivity index (χ1) is 13.1. The Labute approximate surface area is 155 Å². The Morgan fingerprint density at radius 2 is 2.00 bits per heavy atom. The van der Waals surface area contributed by atoms with E-state index in [0.29, 0.717) is 24.0 Å². The van der Waals surface area contributed by atoms with E-state index in [-0.39, 0.29) is 38.0 Å². The zero-order chi connectivity index (χ0) is 19.2. The minimum absolute atomic E-state index is 0.118. The van der Waals surface area contributed by atoms with Gasteiger partial charge in [0, 0.05) is 0 Å². The van der Waals surface area contributed by atoms with Crippen molar-refractivity contribution < 1.29 is 28.5 Å². The van der Waals surface area contributed by atoms with Gasteiger partial charge in [-0.1, -0.05) is 0 Å². The fraction of sp³-hybridized carbons (Fsp3) is 0.562. The van der Waals surface area contributed by atoms with Crippen LogP contribution in [0.4, 0.5) is 15.4 Å². The van der Waals surface area contributed by atoms with E-state index < -0.39 is 12.2 Å². The first-order valence-electron chi connectivity index (χ1n) is 8.68. The summed E-state index contributed by atoms with van der Waals surface area (Å²) in [6.07, 6.45) is 2.45. The molecule has 1 N–H and O–H groups in total. The second kappa shape index (κ2) is 8.62. The van der Waals surface area contributed by atoms with Gasteiger partial charge in [0.05, 0.1) is 25.6 Å². The number of ether oxygens (including phenoxy) is 4. The first-order valence-corrected chi connectivity index (χ1v) is 8.68. The molecular weight excluding hydrogens is 358 g/mol. The van der Waals surface area contributed by atoms with Gasteiger partial charge in [0.25, 0.3) is 0 Å². The Hall–Kier alpha value is -2.95. The van der Waals surface area contributed by atoms with Crippen molar-refractivity contribution in [1.82, 2.24) is 19.5 Å². The van der Waals surface area contributed by atoms with Crippen LogP contribution in [0.15, 0.2) is 12.7 Å². The lowest BCUT2D eigenvalue weighted by Gasteiger charge is -2.15. The summed E-state index contributed by atoms with van der Waals surface area (Å²) in [5, 5.41) is 2.54. The van der Waals surface area contributed by atoms with Crippen LogP contribution in [0.25, 0.3) is 11.2 Å². The fourth-order valence-corrected chi connectivity index (χ4v) is 2.75. The van der Waals surface area contributed by atoms with Gasteiger partial charge in [0.15, 0.2) is 17.0 Å². The molecule has 0 aliphatic carbocycles. The molecule has 2 atom stereocenters. The zero-order valence-electron chi connectivity index (χ0n) is 15.1. The molecule has 27 heavy (non-hydrogen) atoms. The SMILES string of the molecule is CCOC(=O)Nc1ncnc2c1ncn2[C@H]1CC[C@@H](COC(=O)OCC)O1. The van der Waals surface area contributed by atoms with E-state index in [2.05, 4.69) is 20.3 Å². The molecule has 0 saturated carbocycles. The van der Waals surface area contributed by atoms with E-state index in [1.165, 1.54) is 6.33 Å². The summed E-state index contributed by atoms with van der Waals surface area (Å²) < 4.78 is 22.3. The van der Waals surface area contributed by atoms with E-state index >= 15 is 0 Å². The summed E-state index contributed by atoms with van der Waals surface area (Å²) in [4.78, 5) is 35.5. The van der Waals surface area contributed by atoms with Gasteiger partial charge < -0.3 is 18.9 Å². The van der Waals surface area contributed by atoms with Gasteiger partial charge in [-0.3, -0.25) is 9.88 Å². The third kappa shape index (κ3) is 4.42. The number of hydrogen-bond acceptors (Lipinski definition) is 9. The number of carbonyl (C=O) groups excluding carboxylic acids is 2. The molecule has 2 aromatic rings. The lowest BCUT2D eigenvalue weighted by Crippen LogP contribution is -2.20. The van der Waals surface area contributed by atoms with Crippen LogP contribution >= 0.6 is 0 Å². The number of amides is 1. The number of rotatable bonds is 6. The molecule has 146 valence electrons. The second-order valence-electron chi connectivity index (χ2n) is 5.68. The molecule has 1 amide bonds. The van der Waals surface area contributed by atoms with Gasteiger partial charge in [-0.2, -0.15) is 0 Å². The molecule has 1 aliphatic rings. The number of anilines is 1. The highest BCUT2D eigenvalue weighted by atomic mass is 16.7. The summed E-state index contributed by atoms with van der Waals surface area (Å²) in [5.41, 5.74) is 0.953. The lowest BCUT2D eigenvalue weighted by molar-refractivity contribution is -0.0364. The van der Waals surface area contributed by atoms with Crippen LogP contribution < -0.4 is 5.32 Å². The molecule has 1 fully saturated rings. The number of nitrogens with zero attached hydrogens (tertiary/aromatic N) is 4. The van der Waals surface area contributed by atoms with E-state index in [0.717, 1.165) is 0 Å². The van der Waals surface area contributed by atoms with Crippen molar-refractivity contribution in [3.8, 4) is 0 Å².